The standard InChI is InChI=1S/C24H30N4O2S/c1-3-14-28(17(2)23(30)26-18-9-5-4-6-10-18)15-13-22(29)27-24-20(16-25)19-11-7-8-12-21(19)31-24/h4-6,9-10,17H,3,7-8,11-15H2,1-2H3,(H,26,30)(H,27,29). The fourth-order valence-electron chi connectivity index (χ4n) is 3.93. The van der Waals surface area contributed by atoms with Crippen LogP contribution in [0.1, 0.15) is 55.5 Å². The van der Waals surface area contributed by atoms with E-state index in [-0.39, 0.29) is 24.3 Å². The Morgan fingerprint density at radius 1 is 1.16 bits per heavy atom. The van der Waals surface area contributed by atoms with Gasteiger partial charge in [-0.15, -0.1) is 11.3 Å². The molecular formula is C24H30N4O2S. The van der Waals surface area contributed by atoms with Gasteiger partial charge in [-0.25, -0.2) is 0 Å². The van der Waals surface area contributed by atoms with Crippen LogP contribution in [0.3, 0.4) is 0 Å². The van der Waals surface area contributed by atoms with Crippen LogP contribution < -0.4 is 10.6 Å². The molecule has 0 aliphatic heterocycles. The molecule has 164 valence electrons. The molecule has 7 heteroatoms. The number of aryl methyl sites for hydroxylation is 1. The van der Waals surface area contributed by atoms with Crippen LogP contribution in [0, 0.1) is 11.3 Å². The zero-order chi connectivity index (χ0) is 22.2. The van der Waals surface area contributed by atoms with Crippen LogP contribution in [0.25, 0.3) is 0 Å². The highest BCUT2D eigenvalue weighted by Crippen LogP contribution is 2.37. The Labute approximate surface area is 188 Å². The molecule has 0 saturated heterocycles. The van der Waals surface area contributed by atoms with Crippen LogP contribution in [-0.4, -0.2) is 35.8 Å². The Balaban J connectivity index is 1.58. The Morgan fingerprint density at radius 3 is 2.61 bits per heavy atom. The van der Waals surface area contributed by atoms with Gasteiger partial charge in [0, 0.05) is 23.5 Å². The van der Waals surface area contributed by atoms with Crippen molar-refractivity contribution in [1.29, 1.82) is 5.26 Å². The summed E-state index contributed by atoms with van der Waals surface area (Å²) in [4.78, 5) is 28.6. The summed E-state index contributed by atoms with van der Waals surface area (Å²) in [6, 6.07) is 11.3. The lowest BCUT2D eigenvalue weighted by Gasteiger charge is -2.27. The molecule has 0 fully saturated rings. The second-order valence-corrected chi connectivity index (χ2v) is 9.00. The average molecular weight is 439 g/mol. The third kappa shape index (κ3) is 5.93. The number of carbonyl (C=O) groups is 2. The molecule has 6 nitrogen and oxygen atoms in total. The van der Waals surface area contributed by atoms with Crippen molar-refractivity contribution in [3.8, 4) is 6.07 Å². The molecule has 0 saturated carbocycles. The van der Waals surface area contributed by atoms with Gasteiger partial charge in [0.15, 0.2) is 0 Å². The average Bonchev–Trinajstić information content (AvgIpc) is 3.13. The number of hydrogen-bond acceptors (Lipinski definition) is 5. The molecule has 2 amide bonds. The fraction of sp³-hybridized carbons (Fsp3) is 0.458. The minimum atomic E-state index is -0.350. The topological polar surface area (TPSA) is 85.2 Å². The molecule has 2 aromatic rings. The predicted octanol–water partition coefficient (Wildman–Crippen LogP) is 4.57. The van der Waals surface area contributed by atoms with E-state index >= 15 is 0 Å². The van der Waals surface area contributed by atoms with Crippen molar-refractivity contribution in [2.45, 2.75) is 58.4 Å². The Hall–Kier alpha value is -2.69. The second-order valence-electron chi connectivity index (χ2n) is 7.89. The summed E-state index contributed by atoms with van der Waals surface area (Å²) in [5, 5.41) is 16.1. The van der Waals surface area contributed by atoms with Gasteiger partial charge in [0.25, 0.3) is 0 Å². The first-order chi connectivity index (χ1) is 15.0. The lowest BCUT2D eigenvalue weighted by molar-refractivity contribution is -0.122. The van der Waals surface area contributed by atoms with E-state index in [9.17, 15) is 14.9 Å². The lowest BCUT2D eigenvalue weighted by atomic mass is 9.96. The molecular weight excluding hydrogens is 408 g/mol. The molecule has 1 unspecified atom stereocenters. The monoisotopic (exact) mass is 438 g/mol. The van der Waals surface area contributed by atoms with Gasteiger partial charge in [0.1, 0.15) is 11.1 Å². The highest BCUT2D eigenvalue weighted by molar-refractivity contribution is 7.16. The smallest absolute Gasteiger partial charge is 0.241 e. The Kier molecular flexibility index (Phi) is 8.21. The van der Waals surface area contributed by atoms with E-state index in [0.29, 0.717) is 17.1 Å². The lowest BCUT2D eigenvalue weighted by Crippen LogP contribution is -2.43. The van der Waals surface area contributed by atoms with Gasteiger partial charge in [-0.05, 0) is 63.3 Å². The predicted molar refractivity (Wildman–Crippen MR) is 125 cm³/mol. The first-order valence-electron chi connectivity index (χ1n) is 11.0. The molecule has 0 spiro atoms. The maximum absolute atomic E-state index is 12.7. The van der Waals surface area contributed by atoms with Crippen LogP contribution in [-0.2, 0) is 22.4 Å². The number of benzene rings is 1. The summed E-state index contributed by atoms with van der Waals surface area (Å²) < 4.78 is 0. The first-order valence-corrected chi connectivity index (χ1v) is 11.8. The van der Waals surface area contributed by atoms with E-state index in [2.05, 4.69) is 23.6 Å². The van der Waals surface area contributed by atoms with Crippen molar-refractivity contribution in [2.75, 3.05) is 23.7 Å². The zero-order valence-electron chi connectivity index (χ0n) is 18.2. The number of amides is 2. The first kappa shape index (κ1) is 23.0. The van der Waals surface area contributed by atoms with Crippen LogP contribution in [0.4, 0.5) is 10.7 Å². The van der Waals surface area contributed by atoms with E-state index in [0.717, 1.165) is 49.9 Å². The number of fused-ring (bicyclic) bond motifs is 1. The fourth-order valence-corrected chi connectivity index (χ4v) is 5.18. The summed E-state index contributed by atoms with van der Waals surface area (Å²) in [6.45, 7) is 5.14. The van der Waals surface area contributed by atoms with Crippen molar-refractivity contribution in [3.63, 3.8) is 0 Å². The molecule has 3 rings (SSSR count). The molecule has 1 aromatic carbocycles. The minimum Gasteiger partial charge on any atom is -0.325 e. The van der Waals surface area contributed by atoms with E-state index in [1.54, 1.807) is 0 Å². The SMILES string of the molecule is CCCN(CCC(=O)Nc1sc2c(c1C#N)CCCC2)C(C)C(=O)Nc1ccccc1. The Morgan fingerprint density at radius 2 is 1.90 bits per heavy atom. The number of rotatable bonds is 9. The van der Waals surface area contributed by atoms with Gasteiger partial charge >= 0.3 is 0 Å². The van der Waals surface area contributed by atoms with Crippen molar-refractivity contribution in [1.82, 2.24) is 4.90 Å². The van der Waals surface area contributed by atoms with E-state index < -0.39 is 0 Å². The summed E-state index contributed by atoms with van der Waals surface area (Å²) in [7, 11) is 0. The number of thiophene rings is 1. The maximum atomic E-state index is 12.7. The van der Waals surface area contributed by atoms with Crippen molar-refractivity contribution >= 4 is 33.8 Å². The largest absolute Gasteiger partial charge is 0.325 e. The molecule has 1 atom stereocenters. The summed E-state index contributed by atoms with van der Waals surface area (Å²) in [5.41, 5.74) is 2.51. The molecule has 1 aromatic heterocycles. The van der Waals surface area contributed by atoms with Gasteiger partial charge in [-0.1, -0.05) is 25.1 Å². The van der Waals surface area contributed by atoms with E-state index in [4.69, 9.17) is 0 Å². The van der Waals surface area contributed by atoms with Crippen molar-refractivity contribution < 1.29 is 9.59 Å². The number of nitrogens with one attached hydrogen (secondary N) is 2. The number of nitrogens with zero attached hydrogens (tertiary/aromatic N) is 2. The van der Waals surface area contributed by atoms with Gasteiger partial charge in [0.05, 0.1) is 11.6 Å². The van der Waals surface area contributed by atoms with Crippen molar-refractivity contribution in [2.24, 2.45) is 0 Å². The highest BCUT2D eigenvalue weighted by atomic mass is 32.1. The molecule has 0 bridgehead atoms. The number of carbonyl (C=O) groups excluding carboxylic acids is 2. The third-order valence-electron chi connectivity index (χ3n) is 5.64. The van der Waals surface area contributed by atoms with Crippen LogP contribution in [0.5, 0.6) is 0 Å². The summed E-state index contributed by atoms with van der Waals surface area (Å²) in [5.74, 6) is -0.204. The summed E-state index contributed by atoms with van der Waals surface area (Å²) in [6.07, 6.45) is 5.31. The van der Waals surface area contributed by atoms with Crippen molar-refractivity contribution in [3.05, 3.63) is 46.3 Å². The van der Waals surface area contributed by atoms with Crippen LogP contribution in [0.15, 0.2) is 30.3 Å². The molecule has 1 aliphatic rings. The zero-order valence-corrected chi connectivity index (χ0v) is 19.1. The van der Waals surface area contributed by atoms with Gasteiger partial charge in [-0.2, -0.15) is 5.26 Å². The number of nitriles is 1. The quantitative estimate of drug-likeness (QED) is 0.601. The molecule has 31 heavy (non-hydrogen) atoms. The maximum Gasteiger partial charge on any atom is 0.241 e. The number of anilines is 2. The second kappa shape index (κ2) is 11.1. The van der Waals surface area contributed by atoms with Gasteiger partial charge in [-0.3, -0.25) is 14.5 Å². The number of hydrogen-bond donors (Lipinski definition) is 2. The van der Waals surface area contributed by atoms with Gasteiger partial charge < -0.3 is 10.6 Å². The third-order valence-corrected chi connectivity index (χ3v) is 6.85. The summed E-state index contributed by atoms with van der Waals surface area (Å²) >= 11 is 1.54. The molecule has 1 aliphatic carbocycles. The van der Waals surface area contributed by atoms with Gasteiger partial charge in [0.2, 0.25) is 11.8 Å². The molecule has 1 heterocycles. The highest BCUT2D eigenvalue weighted by Gasteiger charge is 2.24. The van der Waals surface area contributed by atoms with Crippen LogP contribution in [0.2, 0.25) is 0 Å². The molecule has 2 N–H and O–H groups in total. The normalized spacial score (nSPS) is 13.9. The minimum absolute atomic E-state index is 0.0854. The van der Waals surface area contributed by atoms with E-state index in [1.807, 2.05) is 42.2 Å². The van der Waals surface area contributed by atoms with Crippen LogP contribution >= 0.6 is 11.3 Å². The van der Waals surface area contributed by atoms with E-state index in [1.165, 1.54) is 16.2 Å². The Bertz CT molecular complexity index is 948. The molecule has 0 radical (unpaired) electrons. The number of para-hydroxylation sites is 1.